The SMILES string of the molecule is O=C(CCCC[C@@H](S)CCS)NCCS. The lowest BCUT2D eigenvalue weighted by Gasteiger charge is -2.08. The lowest BCUT2D eigenvalue weighted by atomic mass is 10.1. The average Bonchev–Trinajstić information content (AvgIpc) is 2.22. The molecule has 1 N–H and O–H groups in total. The Labute approximate surface area is 109 Å². The topological polar surface area (TPSA) is 29.1 Å². The van der Waals surface area contributed by atoms with Gasteiger partial charge in [-0.1, -0.05) is 6.42 Å². The predicted octanol–water partition coefficient (Wildman–Crippen LogP) is 2.21. The number of unbranched alkanes of at least 4 members (excludes halogenated alkanes) is 1. The first-order valence-electron chi connectivity index (χ1n) is 5.37. The van der Waals surface area contributed by atoms with Gasteiger partial charge in [-0.05, 0) is 25.0 Å². The number of nitrogens with one attached hydrogen (secondary N) is 1. The van der Waals surface area contributed by atoms with Gasteiger partial charge in [0.2, 0.25) is 5.91 Å². The number of hydrogen-bond donors (Lipinski definition) is 4. The Morgan fingerprint density at radius 2 is 1.87 bits per heavy atom. The summed E-state index contributed by atoms with van der Waals surface area (Å²) in [5.74, 6) is 1.72. The molecule has 0 saturated carbocycles. The Bertz CT molecular complexity index is 167. The highest BCUT2D eigenvalue weighted by Gasteiger charge is 2.03. The molecule has 90 valence electrons. The summed E-state index contributed by atoms with van der Waals surface area (Å²) in [7, 11) is 0. The molecule has 0 aliphatic rings. The van der Waals surface area contributed by atoms with E-state index in [1.54, 1.807) is 0 Å². The molecule has 5 heteroatoms. The van der Waals surface area contributed by atoms with E-state index < -0.39 is 0 Å². The first-order valence-corrected chi connectivity index (χ1v) is 7.15. The summed E-state index contributed by atoms with van der Waals surface area (Å²) in [5.41, 5.74) is 0. The summed E-state index contributed by atoms with van der Waals surface area (Å²) in [6.45, 7) is 0.663. The van der Waals surface area contributed by atoms with Crippen molar-refractivity contribution in [3.8, 4) is 0 Å². The maximum atomic E-state index is 11.2. The van der Waals surface area contributed by atoms with Gasteiger partial charge in [-0.25, -0.2) is 0 Å². The first kappa shape index (κ1) is 15.5. The van der Waals surface area contributed by atoms with Crippen LogP contribution in [0.25, 0.3) is 0 Å². The molecule has 0 spiro atoms. The Kier molecular flexibility index (Phi) is 11.4. The van der Waals surface area contributed by atoms with Crippen molar-refractivity contribution in [2.75, 3.05) is 18.1 Å². The second-order valence-corrected chi connectivity index (χ2v) is 5.11. The van der Waals surface area contributed by atoms with Gasteiger partial charge in [0.05, 0.1) is 0 Å². The number of carbonyl (C=O) groups excluding carboxylic acids is 1. The van der Waals surface area contributed by atoms with Gasteiger partial charge in [0, 0.05) is 24.0 Å². The molecule has 0 fully saturated rings. The lowest BCUT2D eigenvalue weighted by molar-refractivity contribution is -0.121. The zero-order valence-electron chi connectivity index (χ0n) is 8.98. The summed E-state index contributed by atoms with van der Waals surface area (Å²) < 4.78 is 0. The van der Waals surface area contributed by atoms with Crippen molar-refractivity contribution in [1.82, 2.24) is 5.32 Å². The van der Waals surface area contributed by atoms with E-state index in [1.807, 2.05) is 0 Å². The van der Waals surface area contributed by atoms with Gasteiger partial charge in [-0.15, -0.1) is 0 Å². The van der Waals surface area contributed by atoms with E-state index in [0.717, 1.165) is 31.4 Å². The number of hydrogen-bond acceptors (Lipinski definition) is 4. The Morgan fingerprint density at radius 3 is 2.47 bits per heavy atom. The van der Waals surface area contributed by atoms with Crippen LogP contribution in [0.4, 0.5) is 0 Å². The van der Waals surface area contributed by atoms with Crippen LogP contribution in [0.3, 0.4) is 0 Å². The van der Waals surface area contributed by atoms with Gasteiger partial charge >= 0.3 is 0 Å². The number of rotatable bonds is 9. The van der Waals surface area contributed by atoms with Crippen LogP contribution in [0.15, 0.2) is 0 Å². The van der Waals surface area contributed by atoms with Gasteiger partial charge in [0.15, 0.2) is 0 Å². The molecule has 0 saturated heterocycles. The molecule has 0 aromatic heterocycles. The quantitative estimate of drug-likeness (QED) is 0.374. The van der Waals surface area contributed by atoms with Crippen molar-refractivity contribution in [2.24, 2.45) is 0 Å². The molecule has 0 aliphatic heterocycles. The number of amides is 1. The van der Waals surface area contributed by atoms with Crippen LogP contribution in [-0.4, -0.2) is 29.2 Å². The van der Waals surface area contributed by atoms with Gasteiger partial charge in [-0.3, -0.25) is 4.79 Å². The minimum absolute atomic E-state index is 0.133. The van der Waals surface area contributed by atoms with Crippen LogP contribution in [0, 0.1) is 0 Å². The highest BCUT2D eigenvalue weighted by atomic mass is 32.1. The molecule has 0 heterocycles. The zero-order valence-corrected chi connectivity index (χ0v) is 11.7. The molecule has 1 amide bonds. The second-order valence-electron chi connectivity index (χ2n) is 3.49. The molecule has 0 aromatic carbocycles. The number of carbonyl (C=O) groups is 1. The van der Waals surface area contributed by atoms with E-state index in [2.05, 4.69) is 43.2 Å². The third-order valence-corrected chi connectivity index (χ3v) is 3.09. The molecule has 15 heavy (non-hydrogen) atoms. The molecule has 0 rings (SSSR count). The summed E-state index contributed by atoms with van der Waals surface area (Å²) in [4.78, 5) is 11.2. The summed E-state index contributed by atoms with van der Waals surface area (Å²) in [5, 5.41) is 3.23. The maximum absolute atomic E-state index is 11.2. The highest BCUT2D eigenvalue weighted by Crippen LogP contribution is 2.12. The van der Waals surface area contributed by atoms with Crippen molar-refractivity contribution >= 4 is 43.8 Å². The lowest BCUT2D eigenvalue weighted by Crippen LogP contribution is -2.24. The molecule has 1 atom stereocenters. The van der Waals surface area contributed by atoms with E-state index >= 15 is 0 Å². The molecule has 2 nitrogen and oxygen atoms in total. The largest absolute Gasteiger partial charge is 0.355 e. The third kappa shape index (κ3) is 10.8. The molecule has 0 bridgehead atoms. The minimum Gasteiger partial charge on any atom is -0.355 e. The predicted molar refractivity (Wildman–Crippen MR) is 76.6 cm³/mol. The standard InChI is InChI=1S/C10H21NOS3/c12-10(11-6-8-14)4-2-1-3-9(15)5-7-13/h9,13-15H,1-8H2,(H,11,12)/t9-/m1/s1. The van der Waals surface area contributed by atoms with E-state index in [4.69, 9.17) is 0 Å². The van der Waals surface area contributed by atoms with Crippen LogP contribution < -0.4 is 5.32 Å². The molecular formula is C10H21NOS3. The third-order valence-electron chi connectivity index (χ3n) is 2.09. The van der Waals surface area contributed by atoms with Gasteiger partial charge in [0.1, 0.15) is 0 Å². The number of thiol groups is 3. The molecule has 0 unspecified atom stereocenters. The Hall–Kier alpha value is 0.520. The minimum atomic E-state index is 0.133. The second kappa shape index (κ2) is 11.0. The van der Waals surface area contributed by atoms with E-state index in [-0.39, 0.29) is 5.91 Å². The van der Waals surface area contributed by atoms with Crippen molar-refractivity contribution in [2.45, 2.75) is 37.4 Å². The van der Waals surface area contributed by atoms with Crippen LogP contribution in [0.2, 0.25) is 0 Å². The highest BCUT2D eigenvalue weighted by molar-refractivity contribution is 7.81. The van der Waals surface area contributed by atoms with Crippen molar-refractivity contribution < 1.29 is 4.79 Å². The fourth-order valence-electron chi connectivity index (χ4n) is 1.24. The van der Waals surface area contributed by atoms with E-state index in [1.165, 1.54) is 0 Å². The molecule has 0 radical (unpaired) electrons. The van der Waals surface area contributed by atoms with Crippen LogP contribution >= 0.6 is 37.9 Å². The smallest absolute Gasteiger partial charge is 0.220 e. The van der Waals surface area contributed by atoms with Gasteiger partial charge in [-0.2, -0.15) is 37.9 Å². The summed E-state index contributed by atoms with van der Waals surface area (Å²) in [6.07, 6.45) is 4.75. The van der Waals surface area contributed by atoms with E-state index in [9.17, 15) is 4.79 Å². The maximum Gasteiger partial charge on any atom is 0.220 e. The van der Waals surface area contributed by atoms with Crippen molar-refractivity contribution in [3.63, 3.8) is 0 Å². The van der Waals surface area contributed by atoms with Crippen LogP contribution in [-0.2, 0) is 4.79 Å². The Balaban J connectivity index is 3.26. The van der Waals surface area contributed by atoms with Crippen molar-refractivity contribution in [3.05, 3.63) is 0 Å². The average molecular weight is 267 g/mol. The van der Waals surface area contributed by atoms with Crippen LogP contribution in [0.1, 0.15) is 32.1 Å². The van der Waals surface area contributed by atoms with Crippen LogP contribution in [0.5, 0.6) is 0 Å². The Morgan fingerprint density at radius 1 is 1.13 bits per heavy atom. The normalized spacial score (nSPS) is 12.5. The van der Waals surface area contributed by atoms with Crippen molar-refractivity contribution in [1.29, 1.82) is 0 Å². The van der Waals surface area contributed by atoms with Gasteiger partial charge in [0.25, 0.3) is 0 Å². The summed E-state index contributed by atoms with van der Waals surface area (Å²) in [6, 6.07) is 0. The molecule has 0 aromatic rings. The fraction of sp³-hybridized carbons (Fsp3) is 0.900. The monoisotopic (exact) mass is 267 g/mol. The van der Waals surface area contributed by atoms with Gasteiger partial charge < -0.3 is 5.32 Å². The molecular weight excluding hydrogens is 246 g/mol. The first-order chi connectivity index (χ1) is 7.20. The van der Waals surface area contributed by atoms with E-state index in [0.29, 0.717) is 24.0 Å². The zero-order chi connectivity index (χ0) is 11.5. The summed E-state index contributed by atoms with van der Waals surface area (Å²) >= 11 is 12.6. The molecule has 0 aliphatic carbocycles. The fourth-order valence-corrected chi connectivity index (χ4v) is 2.18.